The number of anilines is 1. The van der Waals surface area contributed by atoms with Gasteiger partial charge in [-0.1, -0.05) is 46.3 Å². The van der Waals surface area contributed by atoms with Crippen LogP contribution in [-0.2, 0) is 4.79 Å². The summed E-state index contributed by atoms with van der Waals surface area (Å²) in [6.45, 7) is -0.0843. The summed E-state index contributed by atoms with van der Waals surface area (Å²) in [6, 6.07) is 19.9. The molecule has 0 spiro atoms. The molecule has 0 bridgehead atoms. The summed E-state index contributed by atoms with van der Waals surface area (Å²) in [4.78, 5) is 28.0. The molecule has 0 aliphatic carbocycles. The predicted molar refractivity (Wildman–Crippen MR) is 122 cm³/mol. The Balaban J connectivity index is 1.86. The number of nitrogens with one attached hydrogen (secondary N) is 1. The van der Waals surface area contributed by atoms with Gasteiger partial charge in [0.2, 0.25) is 5.91 Å². The second-order valence-corrected chi connectivity index (χ2v) is 8.01. The van der Waals surface area contributed by atoms with Crippen molar-refractivity contribution in [3.8, 4) is 11.5 Å². The van der Waals surface area contributed by atoms with E-state index in [1.807, 2.05) is 48.5 Å². The molecule has 7 heteroatoms. The van der Waals surface area contributed by atoms with Crippen LogP contribution in [0.4, 0.5) is 5.69 Å². The van der Waals surface area contributed by atoms with Crippen molar-refractivity contribution in [2.75, 3.05) is 26.1 Å². The first-order valence-corrected chi connectivity index (χ1v) is 10.5. The minimum absolute atomic E-state index is 0.0843. The van der Waals surface area contributed by atoms with Crippen LogP contribution < -0.4 is 14.8 Å². The van der Waals surface area contributed by atoms with Crippen LogP contribution in [0.5, 0.6) is 11.5 Å². The highest BCUT2D eigenvalue weighted by molar-refractivity contribution is 9.10. The number of benzene rings is 3. The molecule has 2 amide bonds. The van der Waals surface area contributed by atoms with Crippen LogP contribution in [0.1, 0.15) is 27.5 Å². The Bertz CT molecular complexity index is 1130. The van der Waals surface area contributed by atoms with Gasteiger partial charge in [0, 0.05) is 21.3 Å². The molecule has 0 aromatic heterocycles. The van der Waals surface area contributed by atoms with Crippen LogP contribution in [0.2, 0.25) is 0 Å². The highest BCUT2D eigenvalue weighted by Gasteiger charge is 2.34. The van der Waals surface area contributed by atoms with Gasteiger partial charge < -0.3 is 19.7 Å². The topological polar surface area (TPSA) is 67.9 Å². The molecule has 1 heterocycles. The van der Waals surface area contributed by atoms with Crippen LogP contribution in [0.3, 0.4) is 0 Å². The lowest BCUT2D eigenvalue weighted by atomic mass is 9.95. The van der Waals surface area contributed by atoms with Gasteiger partial charge in [-0.3, -0.25) is 9.59 Å². The minimum atomic E-state index is -0.451. The highest BCUT2D eigenvalue weighted by Crippen LogP contribution is 2.38. The van der Waals surface area contributed by atoms with Crippen molar-refractivity contribution in [3.05, 3.63) is 87.9 Å². The maximum absolute atomic E-state index is 13.7. The second-order valence-electron chi connectivity index (χ2n) is 7.10. The van der Waals surface area contributed by atoms with Gasteiger partial charge in [-0.05, 0) is 42.0 Å². The fourth-order valence-corrected chi connectivity index (χ4v) is 4.18. The smallest absolute Gasteiger partial charge is 0.255 e. The van der Waals surface area contributed by atoms with E-state index in [2.05, 4.69) is 21.2 Å². The molecule has 31 heavy (non-hydrogen) atoms. The molecule has 0 radical (unpaired) electrons. The Hall–Kier alpha value is -3.32. The monoisotopic (exact) mass is 480 g/mol. The first-order chi connectivity index (χ1) is 15.0. The Morgan fingerprint density at radius 2 is 1.74 bits per heavy atom. The van der Waals surface area contributed by atoms with E-state index in [-0.39, 0.29) is 18.4 Å². The van der Waals surface area contributed by atoms with Gasteiger partial charge in [0.25, 0.3) is 5.91 Å². The van der Waals surface area contributed by atoms with Crippen LogP contribution >= 0.6 is 15.9 Å². The Morgan fingerprint density at radius 3 is 2.45 bits per heavy atom. The lowest BCUT2D eigenvalue weighted by Gasteiger charge is -2.31. The fraction of sp³-hybridized carbons (Fsp3) is 0.167. The molecule has 0 saturated carbocycles. The average molecular weight is 481 g/mol. The van der Waals surface area contributed by atoms with E-state index in [1.54, 1.807) is 30.2 Å². The lowest BCUT2D eigenvalue weighted by molar-refractivity contribution is -0.117. The Kier molecular flexibility index (Phi) is 5.95. The summed E-state index contributed by atoms with van der Waals surface area (Å²) >= 11 is 3.52. The number of hydrogen-bond donors (Lipinski definition) is 1. The number of carbonyl (C=O) groups is 2. The maximum Gasteiger partial charge on any atom is 0.255 e. The molecule has 6 nitrogen and oxygen atoms in total. The molecule has 3 aromatic rings. The van der Waals surface area contributed by atoms with Gasteiger partial charge in [-0.2, -0.15) is 0 Å². The van der Waals surface area contributed by atoms with E-state index in [0.717, 1.165) is 15.6 Å². The standard InChI is InChI=1S/C24H21BrN2O4/c1-30-20-11-8-16(12-21(20)31-2)24(29)27-14-22(28)26-19-10-9-17(25)13-18(19)23(27)15-6-4-3-5-7-15/h3-13,23H,14H2,1-2H3,(H,26,28)/t23-/m1/s1. The van der Waals surface area contributed by atoms with Crippen LogP contribution in [-0.4, -0.2) is 37.5 Å². The second kappa shape index (κ2) is 8.81. The minimum Gasteiger partial charge on any atom is -0.493 e. The Morgan fingerprint density at radius 1 is 1.00 bits per heavy atom. The van der Waals surface area contributed by atoms with Gasteiger partial charge in [0.15, 0.2) is 11.5 Å². The van der Waals surface area contributed by atoms with E-state index in [0.29, 0.717) is 22.7 Å². The van der Waals surface area contributed by atoms with Crippen molar-refractivity contribution in [3.63, 3.8) is 0 Å². The van der Waals surface area contributed by atoms with Crippen molar-refractivity contribution in [1.29, 1.82) is 0 Å². The number of rotatable bonds is 4. The quantitative estimate of drug-likeness (QED) is 0.589. The number of hydrogen-bond acceptors (Lipinski definition) is 4. The molecule has 1 aliphatic rings. The van der Waals surface area contributed by atoms with E-state index in [1.165, 1.54) is 7.11 Å². The van der Waals surface area contributed by atoms with Gasteiger partial charge in [-0.15, -0.1) is 0 Å². The molecule has 3 aromatic carbocycles. The van der Waals surface area contributed by atoms with Crippen molar-refractivity contribution < 1.29 is 19.1 Å². The summed E-state index contributed by atoms with van der Waals surface area (Å²) in [7, 11) is 3.06. The molecular weight excluding hydrogens is 460 g/mol. The summed E-state index contributed by atoms with van der Waals surface area (Å²) < 4.78 is 11.5. The van der Waals surface area contributed by atoms with E-state index in [9.17, 15) is 9.59 Å². The molecule has 0 unspecified atom stereocenters. The molecule has 158 valence electrons. The summed E-state index contributed by atoms with van der Waals surface area (Å²) in [5.41, 5.74) is 2.84. The molecule has 1 aliphatic heterocycles. The number of ether oxygens (including phenoxy) is 2. The third kappa shape index (κ3) is 4.14. The zero-order valence-electron chi connectivity index (χ0n) is 17.1. The number of nitrogens with zero attached hydrogens (tertiary/aromatic N) is 1. The predicted octanol–water partition coefficient (Wildman–Crippen LogP) is 4.65. The molecule has 0 saturated heterocycles. The van der Waals surface area contributed by atoms with E-state index >= 15 is 0 Å². The van der Waals surface area contributed by atoms with Gasteiger partial charge in [0.1, 0.15) is 6.54 Å². The summed E-state index contributed by atoms with van der Waals surface area (Å²) in [5, 5.41) is 2.93. The fourth-order valence-electron chi connectivity index (χ4n) is 3.80. The first kappa shape index (κ1) is 20.9. The van der Waals surface area contributed by atoms with Crippen molar-refractivity contribution in [2.24, 2.45) is 0 Å². The summed E-state index contributed by atoms with van der Waals surface area (Å²) in [6.07, 6.45) is 0. The highest BCUT2D eigenvalue weighted by atomic mass is 79.9. The number of fused-ring (bicyclic) bond motifs is 1. The third-order valence-corrected chi connectivity index (χ3v) is 5.71. The van der Waals surface area contributed by atoms with Crippen LogP contribution in [0, 0.1) is 0 Å². The Labute approximate surface area is 188 Å². The maximum atomic E-state index is 13.7. The van der Waals surface area contributed by atoms with E-state index < -0.39 is 6.04 Å². The van der Waals surface area contributed by atoms with Gasteiger partial charge in [0.05, 0.1) is 20.3 Å². The third-order valence-electron chi connectivity index (χ3n) is 5.21. The van der Waals surface area contributed by atoms with Crippen LogP contribution in [0.15, 0.2) is 71.2 Å². The van der Waals surface area contributed by atoms with E-state index in [4.69, 9.17) is 9.47 Å². The number of methoxy groups -OCH3 is 2. The molecular formula is C24H21BrN2O4. The normalized spacial score (nSPS) is 15.5. The largest absolute Gasteiger partial charge is 0.493 e. The lowest BCUT2D eigenvalue weighted by Crippen LogP contribution is -2.39. The molecule has 1 N–H and O–H groups in total. The zero-order valence-corrected chi connectivity index (χ0v) is 18.7. The van der Waals surface area contributed by atoms with Crippen molar-refractivity contribution in [1.82, 2.24) is 4.90 Å². The molecule has 4 rings (SSSR count). The van der Waals surface area contributed by atoms with Crippen molar-refractivity contribution in [2.45, 2.75) is 6.04 Å². The zero-order chi connectivity index (χ0) is 22.0. The molecule has 0 fully saturated rings. The van der Waals surface area contributed by atoms with Gasteiger partial charge >= 0.3 is 0 Å². The average Bonchev–Trinajstić information content (AvgIpc) is 2.94. The first-order valence-electron chi connectivity index (χ1n) is 9.69. The number of carbonyl (C=O) groups excluding carboxylic acids is 2. The summed E-state index contributed by atoms with van der Waals surface area (Å²) in [5.74, 6) is 0.446. The molecule has 1 atom stereocenters. The van der Waals surface area contributed by atoms with Crippen LogP contribution in [0.25, 0.3) is 0 Å². The SMILES string of the molecule is COc1ccc(C(=O)N2CC(=O)Nc3ccc(Br)cc3[C@H]2c2ccccc2)cc1OC. The number of amides is 2. The number of halogens is 1. The van der Waals surface area contributed by atoms with Gasteiger partial charge in [-0.25, -0.2) is 0 Å². The van der Waals surface area contributed by atoms with Crippen molar-refractivity contribution >= 4 is 33.4 Å².